The number of hydrogen-bond donors (Lipinski definition) is 2. The Morgan fingerprint density at radius 1 is 1.24 bits per heavy atom. The number of hydrogen-bond acceptors (Lipinski definition) is 3. The number of aromatic nitrogens is 1. The third-order valence-corrected chi connectivity index (χ3v) is 3.31. The molecule has 1 heterocycles. The maximum Gasteiger partial charge on any atom is 0.252 e. The van der Waals surface area contributed by atoms with Crippen molar-refractivity contribution in [3.8, 4) is 0 Å². The lowest BCUT2D eigenvalue weighted by Gasteiger charge is -2.10. The van der Waals surface area contributed by atoms with E-state index in [4.69, 9.17) is 23.2 Å². The second kappa shape index (κ2) is 7.29. The molecule has 0 saturated carbocycles. The van der Waals surface area contributed by atoms with Crippen LogP contribution in [0.3, 0.4) is 0 Å². The first-order valence-corrected chi connectivity index (χ1v) is 7.31. The first-order chi connectivity index (χ1) is 10.1. The highest BCUT2D eigenvalue weighted by molar-refractivity contribution is 6.35. The molecule has 0 spiro atoms. The van der Waals surface area contributed by atoms with E-state index in [0.29, 0.717) is 33.5 Å². The molecule has 0 atom stereocenters. The molecule has 1 aromatic heterocycles. The van der Waals surface area contributed by atoms with E-state index < -0.39 is 0 Å². The van der Waals surface area contributed by atoms with Gasteiger partial charge >= 0.3 is 0 Å². The van der Waals surface area contributed by atoms with Gasteiger partial charge in [-0.05, 0) is 30.7 Å². The predicted molar refractivity (Wildman–Crippen MR) is 86.6 cm³/mol. The van der Waals surface area contributed by atoms with Crippen LogP contribution in [0.5, 0.6) is 0 Å². The summed E-state index contributed by atoms with van der Waals surface area (Å²) in [6.07, 6.45) is 4.03. The number of pyridine rings is 1. The van der Waals surface area contributed by atoms with E-state index in [-0.39, 0.29) is 5.91 Å². The highest BCUT2D eigenvalue weighted by atomic mass is 35.5. The lowest BCUT2D eigenvalue weighted by Crippen LogP contribution is -2.24. The van der Waals surface area contributed by atoms with Gasteiger partial charge in [0.05, 0.1) is 28.2 Å². The minimum atomic E-state index is -0.148. The quantitative estimate of drug-likeness (QED) is 0.863. The van der Waals surface area contributed by atoms with Gasteiger partial charge in [0.1, 0.15) is 0 Å². The topological polar surface area (TPSA) is 54.0 Å². The van der Waals surface area contributed by atoms with Crippen molar-refractivity contribution >= 4 is 40.5 Å². The molecule has 1 amide bonds. The lowest BCUT2D eigenvalue weighted by molar-refractivity contribution is 0.0953. The summed E-state index contributed by atoms with van der Waals surface area (Å²) in [5.74, 6) is -0.148. The number of benzene rings is 1. The third kappa shape index (κ3) is 4.34. The van der Waals surface area contributed by atoms with Crippen molar-refractivity contribution in [2.45, 2.75) is 13.3 Å². The first kappa shape index (κ1) is 15.6. The molecule has 0 bridgehead atoms. The lowest BCUT2D eigenvalue weighted by atomic mass is 10.2. The highest BCUT2D eigenvalue weighted by Crippen LogP contribution is 2.28. The Morgan fingerprint density at radius 3 is 2.81 bits per heavy atom. The average Bonchev–Trinajstić information content (AvgIpc) is 2.49. The zero-order chi connectivity index (χ0) is 15.2. The van der Waals surface area contributed by atoms with Crippen molar-refractivity contribution in [2.75, 3.05) is 11.9 Å². The summed E-state index contributed by atoms with van der Waals surface area (Å²) in [6.45, 7) is 2.63. The normalized spacial score (nSPS) is 10.2. The molecule has 0 aliphatic rings. The van der Waals surface area contributed by atoms with Gasteiger partial charge in [-0.3, -0.25) is 9.78 Å². The number of anilines is 2. The summed E-state index contributed by atoms with van der Waals surface area (Å²) in [5.41, 5.74) is 1.83. The van der Waals surface area contributed by atoms with Crippen LogP contribution in [0.25, 0.3) is 0 Å². The molecule has 110 valence electrons. The van der Waals surface area contributed by atoms with Crippen LogP contribution >= 0.6 is 23.2 Å². The molecule has 6 heteroatoms. The molecular formula is C15H15Cl2N3O. The number of amides is 1. The molecule has 4 nitrogen and oxygen atoms in total. The number of carbonyl (C=O) groups excluding carboxylic acids is 1. The molecule has 0 radical (unpaired) electrons. The maximum atomic E-state index is 11.9. The van der Waals surface area contributed by atoms with Gasteiger partial charge in [-0.2, -0.15) is 0 Å². The minimum absolute atomic E-state index is 0.148. The smallest absolute Gasteiger partial charge is 0.252 e. The van der Waals surface area contributed by atoms with Crippen LogP contribution in [0.2, 0.25) is 10.0 Å². The second-order valence-electron chi connectivity index (χ2n) is 4.47. The van der Waals surface area contributed by atoms with Crippen LogP contribution in [0.4, 0.5) is 11.4 Å². The van der Waals surface area contributed by atoms with Crippen LogP contribution in [0.15, 0.2) is 36.7 Å². The van der Waals surface area contributed by atoms with Gasteiger partial charge in [0, 0.05) is 17.8 Å². The Morgan fingerprint density at radius 2 is 2.05 bits per heavy atom. The van der Waals surface area contributed by atoms with Crippen molar-refractivity contribution in [3.05, 3.63) is 52.3 Å². The Hall–Kier alpha value is -1.78. The van der Waals surface area contributed by atoms with E-state index in [0.717, 1.165) is 6.42 Å². The Balaban J connectivity index is 2.17. The average molecular weight is 324 g/mol. The SMILES string of the molecule is CCCNC(=O)c1cncc(Nc2cc(Cl)ccc2Cl)c1. The molecule has 2 rings (SSSR count). The number of nitrogens with one attached hydrogen (secondary N) is 2. The fourth-order valence-corrected chi connectivity index (χ4v) is 2.06. The highest BCUT2D eigenvalue weighted by Gasteiger charge is 2.07. The molecule has 0 fully saturated rings. The Bertz CT molecular complexity index is 647. The van der Waals surface area contributed by atoms with Crippen molar-refractivity contribution in [1.29, 1.82) is 0 Å². The third-order valence-electron chi connectivity index (χ3n) is 2.74. The van der Waals surface area contributed by atoms with Crippen LogP contribution in [-0.2, 0) is 0 Å². The van der Waals surface area contributed by atoms with Crippen LogP contribution in [0.1, 0.15) is 23.7 Å². The molecule has 0 aliphatic carbocycles. The molecule has 0 saturated heterocycles. The van der Waals surface area contributed by atoms with Gasteiger partial charge in [0.25, 0.3) is 5.91 Å². The zero-order valence-electron chi connectivity index (χ0n) is 11.5. The Kier molecular flexibility index (Phi) is 5.42. The molecule has 0 aliphatic heterocycles. The monoisotopic (exact) mass is 323 g/mol. The summed E-state index contributed by atoms with van der Waals surface area (Å²) < 4.78 is 0. The standard InChI is InChI=1S/C15H15Cl2N3O/c1-2-5-19-15(21)10-6-12(9-18-8-10)20-14-7-11(16)3-4-13(14)17/h3-4,6-9,20H,2,5H2,1H3,(H,19,21). The van der Waals surface area contributed by atoms with Gasteiger partial charge in [0.15, 0.2) is 0 Å². The van der Waals surface area contributed by atoms with Crippen molar-refractivity contribution < 1.29 is 4.79 Å². The van der Waals surface area contributed by atoms with E-state index in [2.05, 4.69) is 15.6 Å². The summed E-state index contributed by atoms with van der Waals surface area (Å²) in [4.78, 5) is 16.0. The van der Waals surface area contributed by atoms with Gasteiger partial charge in [-0.1, -0.05) is 30.1 Å². The molecular weight excluding hydrogens is 309 g/mol. The second-order valence-corrected chi connectivity index (χ2v) is 5.31. The zero-order valence-corrected chi connectivity index (χ0v) is 13.0. The predicted octanol–water partition coefficient (Wildman–Crippen LogP) is 4.27. The van der Waals surface area contributed by atoms with Crippen LogP contribution in [-0.4, -0.2) is 17.4 Å². The molecule has 21 heavy (non-hydrogen) atoms. The van der Waals surface area contributed by atoms with Gasteiger partial charge in [0.2, 0.25) is 0 Å². The Labute approximate surface area is 133 Å². The van der Waals surface area contributed by atoms with E-state index >= 15 is 0 Å². The number of nitrogens with zero attached hydrogens (tertiary/aromatic N) is 1. The number of carbonyl (C=O) groups is 1. The van der Waals surface area contributed by atoms with E-state index in [1.165, 1.54) is 6.20 Å². The fraction of sp³-hybridized carbons (Fsp3) is 0.200. The van der Waals surface area contributed by atoms with E-state index in [1.807, 2.05) is 6.92 Å². The first-order valence-electron chi connectivity index (χ1n) is 6.55. The van der Waals surface area contributed by atoms with E-state index in [1.54, 1.807) is 30.5 Å². The van der Waals surface area contributed by atoms with Crippen LogP contribution < -0.4 is 10.6 Å². The largest absolute Gasteiger partial charge is 0.353 e. The minimum Gasteiger partial charge on any atom is -0.353 e. The number of rotatable bonds is 5. The summed E-state index contributed by atoms with van der Waals surface area (Å²) in [5, 5.41) is 7.03. The molecule has 2 N–H and O–H groups in total. The summed E-state index contributed by atoms with van der Waals surface area (Å²) in [6, 6.07) is 6.85. The molecule has 0 unspecified atom stereocenters. The number of halogens is 2. The van der Waals surface area contributed by atoms with Crippen molar-refractivity contribution in [2.24, 2.45) is 0 Å². The van der Waals surface area contributed by atoms with Gasteiger partial charge < -0.3 is 10.6 Å². The van der Waals surface area contributed by atoms with Crippen molar-refractivity contribution in [3.63, 3.8) is 0 Å². The van der Waals surface area contributed by atoms with Gasteiger partial charge in [-0.15, -0.1) is 0 Å². The molecule has 2 aromatic rings. The van der Waals surface area contributed by atoms with E-state index in [9.17, 15) is 4.79 Å². The van der Waals surface area contributed by atoms with Gasteiger partial charge in [-0.25, -0.2) is 0 Å². The molecule has 1 aromatic carbocycles. The van der Waals surface area contributed by atoms with Crippen LogP contribution in [0, 0.1) is 0 Å². The summed E-state index contributed by atoms with van der Waals surface area (Å²) >= 11 is 12.0. The fourth-order valence-electron chi connectivity index (χ4n) is 1.72. The maximum absolute atomic E-state index is 11.9. The van der Waals surface area contributed by atoms with Crippen molar-refractivity contribution in [1.82, 2.24) is 10.3 Å². The summed E-state index contributed by atoms with van der Waals surface area (Å²) in [7, 11) is 0.